The molecule has 2 aliphatic rings. The average molecular weight is 285 g/mol. The first-order valence-electron chi connectivity index (χ1n) is 7.20. The summed E-state index contributed by atoms with van der Waals surface area (Å²) in [4.78, 5) is 26.7. The molecule has 3 rings (SSSR count). The van der Waals surface area contributed by atoms with Crippen molar-refractivity contribution in [1.82, 2.24) is 0 Å². The van der Waals surface area contributed by atoms with E-state index in [1.165, 1.54) is 16.0 Å². The molecule has 0 radical (unpaired) electrons. The highest BCUT2D eigenvalue weighted by Crippen LogP contribution is 2.43. The van der Waals surface area contributed by atoms with Gasteiger partial charge in [-0.15, -0.1) is 0 Å². The molecule has 0 unspecified atom stereocenters. The van der Waals surface area contributed by atoms with Crippen LogP contribution in [0.25, 0.3) is 0 Å². The monoisotopic (exact) mass is 285 g/mol. The number of nitrogens with zero attached hydrogens (tertiary/aromatic N) is 1. The molecular weight excluding hydrogens is 266 g/mol. The third-order valence-electron chi connectivity index (χ3n) is 4.67. The number of rotatable bonds is 2. The van der Waals surface area contributed by atoms with Gasteiger partial charge in [0.05, 0.1) is 24.6 Å². The maximum Gasteiger partial charge on any atom is 0.238 e. The van der Waals surface area contributed by atoms with Crippen molar-refractivity contribution in [2.45, 2.75) is 26.7 Å². The van der Waals surface area contributed by atoms with Crippen LogP contribution < -0.4 is 9.64 Å². The van der Waals surface area contributed by atoms with E-state index in [-0.39, 0.29) is 23.7 Å². The van der Waals surface area contributed by atoms with E-state index >= 15 is 0 Å². The Balaban J connectivity index is 2.00. The molecular formula is C17H19NO3. The number of para-hydroxylation sites is 2. The fourth-order valence-corrected chi connectivity index (χ4v) is 3.30. The fraction of sp³-hybridized carbons (Fsp3) is 0.412. The van der Waals surface area contributed by atoms with Gasteiger partial charge in [0.25, 0.3) is 0 Å². The van der Waals surface area contributed by atoms with E-state index in [0.717, 1.165) is 0 Å². The first kappa shape index (κ1) is 13.9. The number of amides is 2. The molecule has 1 aromatic carbocycles. The van der Waals surface area contributed by atoms with Crippen LogP contribution in [-0.4, -0.2) is 18.9 Å². The van der Waals surface area contributed by atoms with Crippen LogP contribution in [0.5, 0.6) is 5.75 Å². The first-order chi connectivity index (χ1) is 10.0. The van der Waals surface area contributed by atoms with Gasteiger partial charge in [-0.3, -0.25) is 9.59 Å². The molecule has 110 valence electrons. The lowest BCUT2D eigenvalue weighted by Gasteiger charge is -2.23. The van der Waals surface area contributed by atoms with Crippen molar-refractivity contribution in [1.29, 1.82) is 0 Å². The molecule has 4 heteroatoms. The minimum absolute atomic E-state index is 0.0960. The molecule has 2 amide bonds. The van der Waals surface area contributed by atoms with Gasteiger partial charge in [0.15, 0.2) is 0 Å². The zero-order valence-corrected chi connectivity index (χ0v) is 12.6. The summed E-state index contributed by atoms with van der Waals surface area (Å²) in [6.45, 7) is 4.10. The minimum atomic E-state index is -0.217. The predicted molar refractivity (Wildman–Crippen MR) is 80.1 cm³/mol. The zero-order chi connectivity index (χ0) is 15.1. The lowest BCUT2D eigenvalue weighted by atomic mass is 9.78. The van der Waals surface area contributed by atoms with E-state index < -0.39 is 0 Å². The van der Waals surface area contributed by atoms with E-state index in [1.54, 1.807) is 19.2 Å². The average Bonchev–Trinajstić information content (AvgIpc) is 2.71. The highest BCUT2D eigenvalue weighted by molar-refractivity contribution is 6.23. The molecule has 1 saturated heterocycles. The Kier molecular flexibility index (Phi) is 3.32. The van der Waals surface area contributed by atoms with Gasteiger partial charge >= 0.3 is 0 Å². The second-order valence-electron chi connectivity index (χ2n) is 5.87. The Labute approximate surface area is 124 Å². The minimum Gasteiger partial charge on any atom is -0.495 e. The summed E-state index contributed by atoms with van der Waals surface area (Å²) in [5.41, 5.74) is 3.03. The second kappa shape index (κ2) is 5.02. The zero-order valence-electron chi connectivity index (χ0n) is 12.6. The van der Waals surface area contributed by atoms with Crippen molar-refractivity contribution >= 4 is 17.5 Å². The second-order valence-corrected chi connectivity index (χ2v) is 5.87. The molecule has 0 bridgehead atoms. The standard InChI is InChI=1S/C17H19NO3/c1-10-8-12-13(9-11(10)2)17(20)18(16(12)19)14-6-4-5-7-15(14)21-3/h4-7,12-13H,8-9H2,1-3H3/t12-,13-/m0/s1. The molecule has 21 heavy (non-hydrogen) atoms. The van der Waals surface area contributed by atoms with Crippen LogP contribution in [0, 0.1) is 11.8 Å². The molecule has 1 aliphatic carbocycles. The first-order valence-corrected chi connectivity index (χ1v) is 7.20. The maximum absolute atomic E-state index is 12.7. The highest BCUT2D eigenvalue weighted by Gasteiger charge is 2.50. The summed E-state index contributed by atoms with van der Waals surface area (Å²) in [6, 6.07) is 7.18. The summed E-state index contributed by atoms with van der Waals surface area (Å²) in [5.74, 6) is -0.0702. The maximum atomic E-state index is 12.7. The Morgan fingerprint density at radius 2 is 1.52 bits per heavy atom. The van der Waals surface area contributed by atoms with Gasteiger partial charge in [-0.05, 0) is 38.8 Å². The number of hydrogen-bond donors (Lipinski definition) is 0. The molecule has 0 N–H and O–H groups in total. The lowest BCUT2D eigenvalue weighted by Crippen LogP contribution is -2.31. The number of allylic oxidation sites excluding steroid dienone is 2. The van der Waals surface area contributed by atoms with Crippen molar-refractivity contribution in [3.8, 4) is 5.75 Å². The van der Waals surface area contributed by atoms with Crippen LogP contribution in [0.2, 0.25) is 0 Å². The molecule has 0 saturated carbocycles. The van der Waals surface area contributed by atoms with Crippen molar-refractivity contribution in [2.24, 2.45) is 11.8 Å². The quantitative estimate of drug-likeness (QED) is 0.620. The van der Waals surface area contributed by atoms with Gasteiger partial charge in [-0.1, -0.05) is 23.3 Å². The van der Waals surface area contributed by atoms with Crippen molar-refractivity contribution in [2.75, 3.05) is 12.0 Å². The lowest BCUT2D eigenvalue weighted by molar-refractivity contribution is -0.122. The Bertz CT molecular complexity index is 615. The Morgan fingerprint density at radius 1 is 1.00 bits per heavy atom. The summed E-state index contributed by atoms with van der Waals surface area (Å²) >= 11 is 0. The van der Waals surface area contributed by atoms with Gasteiger partial charge in [-0.25, -0.2) is 4.90 Å². The topological polar surface area (TPSA) is 46.6 Å². The molecule has 0 aromatic heterocycles. The molecule has 2 atom stereocenters. The molecule has 1 aliphatic heterocycles. The molecule has 1 fully saturated rings. The number of carbonyl (C=O) groups excluding carboxylic acids is 2. The van der Waals surface area contributed by atoms with E-state index in [2.05, 4.69) is 13.8 Å². The Hall–Kier alpha value is -2.10. The summed E-state index contributed by atoms with van der Waals surface area (Å²) < 4.78 is 5.29. The van der Waals surface area contributed by atoms with Crippen LogP contribution in [0.4, 0.5) is 5.69 Å². The number of hydrogen-bond acceptors (Lipinski definition) is 3. The number of benzene rings is 1. The highest BCUT2D eigenvalue weighted by atomic mass is 16.5. The van der Waals surface area contributed by atoms with Crippen LogP contribution in [0.1, 0.15) is 26.7 Å². The van der Waals surface area contributed by atoms with Gasteiger partial charge in [0, 0.05) is 0 Å². The van der Waals surface area contributed by atoms with Crippen molar-refractivity contribution < 1.29 is 14.3 Å². The fourth-order valence-electron chi connectivity index (χ4n) is 3.30. The van der Waals surface area contributed by atoms with Crippen molar-refractivity contribution in [3.63, 3.8) is 0 Å². The number of imide groups is 1. The van der Waals surface area contributed by atoms with Gasteiger partial charge in [0.2, 0.25) is 11.8 Å². The smallest absolute Gasteiger partial charge is 0.238 e. The molecule has 1 aromatic rings. The van der Waals surface area contributed by atoms with E-state index in [0.29, 0.717) is 24.3 Å². The predicted octanol–water partition coefficient (Wildman–Crippen LogP) is 2.93. The molecule has 1 heterocycles. The van der Waals surface area contributed by atoms with Gasteiger partial charge < -0.3 is 4.74 Å². The number of methoxy groups -OCH3 is 1. The largest absolute Gasteiger partial charge is 0.495 e. The molecule has 0 spiro atoms. The number of ether oxygens (including phenoxy) is 1. The number of fused-ring (bicyclic) bond motifs is 1. The SMILES string of the molecule is COc1ccccc1N1C(=O)[C@H]2CC(C)=C(C)C[C@@H]2C1=O. The number of carbonyl (C=O) groups is 2. The number of anilines is 1. The molecule has 4 nitrogen and oxygen atoms in total. The third kappa shape index (κ3) is 2.06. The summed E-state index contributed by atoms with van der Waals surface area (Å²) in [6.07, 6.45) is 1.37. The third-order valence-corrected chi connectivity index (χ3v) is 4.67. The van der Waals surface area contributed by atoms with Crippen LogP contribution in [-0.2, 0) is 9.59 Å². The normalized spacial score (nSPS) is 25.4. The van der Waals surface area contributed by atoms with Crippen molar-refractivity contribution in [3.05, 3.63) is 35.4 Å². The van der Waals surface area contributed by atoms with Gasteiger partial charge in [-0.2, -0.15) is 0 Å². The summed E-state index contributed by atoms with van der Waals surface area (Å²) in [7, 11) is 1.55. The van der Waals surface area contributed by atoms with Crippen LogP contribution in [0.3, 0.4) is 0 Å². The summed E-state index contributed by atoms with van der Waals surface area (Å²) in [5, 5.41) is 0. The van der Waals surface area contributed by atoms with Gasteiger partial charge in [0.1, 0.15) is 5.75 Å². The Morgan fingerprint density at radius 3 is 2.05 bits per heavy atom. The van der Waals surface area contributed by atoms with E-state index in [4.69, 9.17) is 4.74 Å². The van der Waals surface area contributed by atoms with E-state index in [1.807, 2.05) is 12.1 Å². The van der Waals surface area contributed by atoms with Crippen LogP contribution >= 0.6 is 0 Å². The van der Waals surface area contributed by atoms with Crippen LogP contribution in [0.15, 0.2) is 35.4 Å². The van der Waals surface area contributed by atoms with E-state index in [9.17, 15) is 9.59 Å².